The molecule has 0 aliphatic rings. The van der Waals surface area contributed by atoms with E-state index in [4.69, 9.17) is 0 Å². The Hall–Kier alpha value is -2.03. The zero-order valence-corrected chi connectivity index (χ0v) is 7.38. The normalized spacial score (nSPS) is 10.9. The summed E-state index contributed by atoms with van der Waals surface area (Å²) in [6.45, 7) is 0. The number of hydrogen-bond donors (Lipinski definition) is 0. The third-order valence-electron chi connectivity index (χ3n) is 2.21. The van der Waals surface area contributed by atoms with Gasteiger partial charge in [0.25, 0.3) is 0 Å². The summed E-state index contributed by atoms with van der Waals surface area (Å²) < 4.78 is 0. The van der Waals surface area contributed by atoms with Crippen LogP contribution in [0.2, 0.25) is 0 Å². The molecule has 0 radical (unpaired) electrons. The van der Waals surface area contributed by atoms with Gasteiger partial charge in [0.1, 0.15) is 0 Å². The summed E-state index contributed by atoms with van der Waals surface area (Å²) in [6.07, 6.45) is 5.33. The van der Waals surface area contributed by atoms with Crippen LogP contribution in [0.5, 0.6) is 0 Å². The Labute approximate surface area is 80.5 Å². The third-order valence-corrected chi connectivity index (χ3v) is 2.21. The first-order chi connectivity index (χ1) is 6.95. The Balaban J connectivity index is 2.61. The summed E-state index contributed by atoms with van der Waals surface area (Å²) in [7, 11) is 0. The van der Waals surface area contributed by atoms with Crippen LogP contribution in [-0.4, -0.2) is 15.0 Å². The fraction of sp³-hybridized carbons (Fsp3) is 0. The molecule has 3 rings (SSSR count). The Bertz CT molecular complexity index is 550. The first-order valence-electron chi connectivity index (χ1n) is 4.39. The molecule has 0 atom stereocenters. The van der Waals surface area contributed by atoms with Gasteiger partial charge in [-0.2, -0.15) is 0 Å². The number of nitrogens with zero attached hydrogens (tertiary/aromatic N) is 3. The Morgan fingerprint density at radius 1 is 0.857 bits per heavy atom. The maximum atomic E-state index is 4.33. The van der Waals surface area contributed by atoms with Gasteiger partial charge in [-0.25, -0.2) is 9.97 Å². The summed E-state index contributed by atoms with van der Waals surface area (Å²) in [4.78, 5) is 12.8. The minimum atomic E-state index is 0.749. The minimum Gasteiger partial charge on any atom is -0.255 e. The zero-order valence-electron chi connectivity index (χ0n) is 7.38. The molecule has 3 aromatic heterocycles. The Morgan fingerprint density at radius 3 is 2.71 bits per heavy atom. The van der Waals surface area contributed by atoms with E-state index in [2.05, 4.69) is 15.0 Å². The van der Waals surface area contributed by atoms with E-state index in [0.29, 0.717) is 0 Å². The molecule has 0 saturated carbocycles. The molecule has 0 saturated heterocycles. The predicted octanol–water partition coefficient (Wildman–Crippen LogP) is 2.18. The van der Waals surface area contributed by atoms with Gasteiger partial charge < -0.3 is 0 Å². The molecule has 0 aliphatic carbocycles. The third kappa shape index (κ3) is 0.956. The van der Waals surface area contributed by atoms with Crippen LogP contribution in [-0.2, 0) is 0 Å². The lowest BCUT2D eigenvalue weighted by atomic mass is 10.2. The zero-order chi connectivity index (χ0) is 9.38. The van der Waals surface area contributed by atoms with Crippen molar-refractivity contribution in [3.8, 4) is 0 Å². The molecule has 3 heterocycles. The highest BCUT2D eigenvalue weighted by Crippen LogP contribution is 2.18. The van der Waals surface area contributed by atoms with E-state index in [1.165, 1.54) is 0 Å². The maximum absolute atomic E-state index is 4.33. The van der Waals surface area contributed by atoms with Gasteiger partial charge >= 0.3 is 0 Å². The van der Waals surface area contributed by atoms with Gasteiger partial charge in [0.2, 0.25) is 0 Å². The maximum Gasteiger partial charge on any atom is 0.161 e. The molecule has 3 aromatic rings. The van der Waals surface area contributed by atoms with Crippen molar-refractivity contribution in [3.63, 3.8) is 0 Å². The molecule has 3 heteroatoms. The summed E-state index contributed by atoms with van der Waals surface area (Å²) in [5.41, 5.74) is 1.71. The Kier molecular flexibility index (Phi) is 1.44. The molecule has 14 heavy (non-hydrogen) atoms. The smallest absolute Gasteiger partial charge is 0.161 e. The van der Waals surface area contributed by atoms with Crippen molar-refractivity contribution in [2.45, 2.75) is 0 Å². The van der Waals surface area contributed by atoms with E-state index in [9.17, 15) is 0 Å². The van der Waals surface area contributed by atoms with Crippen LogP contribution < -0.4 is 0 Å². The van der Waals surface area contributed by atoms with Gasteiger partial charge in [0.15, 0.2) is 5.65 Å². The van der Waals surface area contributed by atoms with Gasteiger partial charge in [-0.1, -0.05) is 0 Å². The summed E-state index contributed by atoms with van der Waals surface area (Å²) in [5, 5.41) is 2.05. The highest BCUT2D eigenvalue weighted by molar-refractivity contribution is 6.01. The van der Waals surface area contributed by atoms with Crippen LogP contribution in [0.1, 0.15) is 0 Å². The van der Waals surface area contributed by atoms with E-state index in [1.807, 2.05) is 24.3 Å². The molecule has 0 amide bonds. The molecule has 0 aliphatic heterocycles. The summed E-state index contributed by atoms with van der Waals surface area (Å²) >= 11 is 0. The first-order valence-corrected chi connectivity index (χ1v) is 4.39. The largest absolute Gasteiger partial charge is 0.255 e. The van der Waals surface area contributed by atoms with Crippen molar-refractivity contribution in [1.82, 2.24) is 15.0 Å². The number of rotatable bonds is 0. The van der Waals surface area contributed by atoms with Crippen LogP contribution in [0.4, 0.5) is 0 Å². The van der Waals surface area contributed by atoms with Crippen LogP contribution in [0.3, 0.4) is 0 Å². The van der Waals surface area contributed by atoms with E-state index in [-0.39, 0.29) is 0 Å². The molecule has 66 valence electrons. The molecule has 0 spiro atoms. The van der Waals surface area contributed by atoms with Gasteiger partial charge in [-0.3, -0.25) is 4.98 Å². The lowest BCUT2D eigenvalue weighted by molar-refractivity contribution is 1.29. The number of aromatic nitrogens is 3. The topological polar surface area (TPSA) is 38.7 Å². The lowest BCUT2D eigenvalue weighted by Gasteiger charge is -1.99. The van der Waals surface area contributed by atoms with E-state index in [0.717, 1.165) is 21.9 Å². The molecule has 0 unspecified atom stereocenters. The van der Waals surface area contributed by atoms with Crippen molar-refractivity contribution in [3.05, 3.63) is 42.9 Å². The van der Waals surface area contributed by atoms with Gasteiger partial charge in [0.05, 0.1) is 5.52 Å². The Morgan fingerprint density at radius 2 is 1.71 bits per heavy atom. The SMILES string of the molecule is c1cnc2c(c1)cnc1ncccc12. The number of fused-ring (bicyclic) bond motifs is 3. The minimum absolute atomic E-state index is 0.749. The fourth-order valence-electron chi connectivity index (χ4n) is 1.56. The van der Waals surface area contributed by atoms with Crippen molar-refractivity contribution in [2.75, 3.05) is 0 Å². The standard InChI is InChI=1S/C11H7N3/c1-3-8-7-14-11-9(4-2-6-13-11)10(8)12-5-1/h1-7H. The average Bonchev–Trinajstić information content (AvgIpc) is 2.29. The summed E-state index contributed by atoms with van der Waals surface area (Å²) in [6, 6.07) is 7.80. The van der Waals surface area contributed by atoms with E-state index >= 15 is 0 Å². The van der Waals surface area contributed by atoms with Crippen LogP contribution in [0.15, 0.2) is 42.9 Å². The lowest BCUT2D eigenvalue weighted by Crippen LogP contribution is -1.86. The second kappa shape index (κ2) is 2.73. The fourth-order valence-corrected chi connectivity index (χ4v) is 1.56. The molecular formula is C11H7N3. The van der Waals surface area contributed by atoms with Crippen molar-refractivity contribution in [1.29, 1.82) is 0 Å². The highest BCUT2D eigenvalue weighted by atomic mass is 14.8. The van der Waals surface area contributed by atoms with Gasteiger partial charge in [0, 0.05) is 29.4 Å². The average molecular weight is 181 g/mol. The molecular weight excluding hydrogens is 174 g/mol. The van der Waals surface area contributed by atoms with Gasteiger partial charge in [-0.15, -0.1) is 0 Å². The van der Waals surface area contributed by atoms with Crippen LogP contribution in [0.25, 0.3) is 21.9 Å². The molecule has 0 aromatic carbocycles. The summed E-state index contributed by atoms with van der Waals surface area (Å²) in [5.74, 6) is 0. The van der Waals surface area contributed by atoms with Crippen molar-refractivity contribution >= 4 is 21.9 Å². The van der Waals surface area contributed by atoms with E-state index in [1.54, 1.807) is 18.6 Å². The monoisotopic (exact) mass is 181 g/mol. The van der Waals surface area contributed by atoms with Crippen LogP contribution in [0, 0.1) is 0 Å². The first kappa shape index (κ1) is 7.38. The number of hydrogen-bond acceptors (Lipinski definition) is 3. The second-order valence-corrected chi connectivity index (χ2v) is 3.07. The molecule has 0 fully saturated rings. The quantitative estimate of drug-likeness (QED) is 0.499. The second-order valence-electron chi connectivity index (χ2n) is 3.07. The number of pyridine rings is 3. The van der Waals surface area contributed by atoms with Crippen molar-refractivity contribution in [2.24, 2.45) is 0 Å². The van der Waals surface area contributed by atoms with Crippen molar-refractivity contribution < 1.29 is 0 Å². The molecule has 3 nitrogen and oxygen atoms in total. The van der Waals surface area contributed by atoms with Gasteiger partial charge in [-0.05, 0) is 24.3 Å². The van der Waals surface area contributed by atoms with E-state index < -0.39 is 0 Å². The molecule has 0 bridgehead atoms. The highest BCUT2D eigenvalue weighted by Gasteiger charge is 2.01. The van der Waals surface area contributed by atoms with Crippen LogP contribution >= 0.6 is 0 Å². The molecule has 0 N–H and O–H groups in total. The predicted molar refractivity (Wildman–Crippen MR) is 54.8 cm³/mol.